The molecule has 94 valence electrons. The lowest BCUT2D eigenvalue weighted by molar-refractivity contribution is 0.0987. The molecule has 0 bridgehead atoms. The molecule has 0 saturated carbocycles. The second-order valence-electron chi connectivity index (χ2n) is 3.65. The summed E-state index contributed by atoms with van der Waals surface area (Å²) in [5.74, 6) is -0.551. The number of hydrogen-bond acceptors (Lipinski definition) is 3. The van der Waals surface area contributed by atoms with Crippen molar-refractivity contribution in [2.24, 2.45) is 0 Å². The molecule has 5 heteroatoms. The average molecular weight is 329 g/mol. The number of benzene rings is 1. The lowest BCUT2D eigenvalue weighted by atomic mass is 10.1. The first-order chi connectivity index (χ1) is 8.61. The molecule has 1 aromatic heterocycles. The predicted molar refractivity (Wildman–Crippen MR) is 73.0 cm³/mol. The van der Waals surface area contributed by atoms with Crippen molar-refractivity contribution in [1.82, 2.24) is 0 Å². The fourth-order valence-corrected chi connectivity index (χ4v) is 3.09. The van der Waals surface area contributed by atoms with E-state index in [1.165, 1.54) is 30.6 Å². The molecule has 0 fully saturated rings. The Bertz CT molecular complexity index is 580. The van der Waals surface area contributed by atoms with Crippen LogP contribution in [0.25, 0.3) is 0 Å². The summed E-state index contributed by atoms with van der Waals surface area (Å²) in [6, 6.07) is 6.23. The quantitative estimate of drug-likeness (QED) is 0.790. The molecule has 0 amide bonds. The molecule has 0 aliphatic rings. The molecule has 0 unspecified atom stereocenters. The zero-order valence-corrected chi connectivity index (χ0v) is 12.0. The van der Waals surface area contributed by atoms with Gasteiger partial charge in [-0.15, -0.1) is 11.3 Å². The highest BCUT2D eigenvalue weighted by Crippen LogP contribution is 2.25. The van der Waals surface area contributed by atoms with E-state index in [-0.39, 0.29) is 23.5 Å². The van der Waals surface area contributed by atoms with Crippen molar-refractivity contribution < 1.29 is 13.9 Å². The SMILES string of the molecule is COc1cccc(F)c1C(=O)Cc1cc(Br)cs1. The minimum atomic E-state index is -0.546. The Balaban J connectivity index is 2.28. The Labute approximate surface area is 117 Å². The lowest BCUT2D eigenvalue weighted by Crippen LogP contribution is -2.07. The normalized spacial score (nSPS) is 10.4. The van der Waals surface area contributed by atoms with Crippen LogP contribution in [0.1, 0.15) is 15.2 Å². The number of Topliss-reactive ketones (excluding diaryl/α,β-unsaturated/α-hetero) is 1. The van der Waals surface area contributed by atoms with E-state index in [9.17, 15) is 9.18 Å². The summed E-state index contributed by atoms with van der Waals surface area (Å²) < 4.78 is 19.6. The van der Waals surface area contributed by atoms with Crippen molar-refractivity contribution in [2.75, 3.05) is 7.11 Å². The van der Waals surface area contributed by atoms with Crippen molar-refractivity contribution in [1.29, 1.82) is 0 Å². The van der Waals surface area contributed by atoms with Crippen LogP contribution in [0.3, 0.4) is 0 Å². The van der Waals surface area contributed by atoms with E-state index in [1.807, 2.05) is 11.4 Å². The number of rotatable bonds is 4. The summed E-state index contributed by atoms with van der Waals surface area (Å²) in [5.41, 5.74) is 0.0181. The van der Waals surface area contributed by atoms with Crippen LogP contribution in [0.4, 0.5) is 4.39 Å². The maximum Gasteiger partial charge on any atom is 0.174 e. The molecular weight excluding hydrogens is 319 g/mol. The number of carbonyl (C=O) groups excluding carboxylic acids is 1. The zero-order valence-electron chi connectivity index (χ0n) is 9.57. The summed E-state index contributed by atoms with van der Waals surface area (Å²) in [6.45, 7) is 0. The Morgan fingerprint density at radius 1 is 1.50 bits per heavy atom. The monoisotopic (exact) mass is 328 g/mol. The molecule has 0 N–H and O–H groups in total. The van der Waals surface area contributed by atoms with Crippen LogP contribution in [0.2, 0.25) is 0 Å². The van der Waals surface area contributed by atoms with E-state index in [1.54, 1.807) is 6.07 Å². The highest BCUT2D eigenvalue weighted by molar-refractivity contribution is 9.10. The third-order valence-corrected chi connectivity index (χ3v) is 4.13. The van der Waals surface area contributed by atoms with Gasteiger partial charge in [0.1, 0.15) is 11.6 Å². The maximum absolute atomic E-state index is 13.7. The minimum absolute atomic E-state index is 0.0181. The number of ether oxygens (including phenoxy) is 1. The van der Waals surface area contributed by atoms with Gasteiger partial charge >= 0.3 is 0 Å². The van der Waals surface area contributed by atoms with Gasteiger partial charge in [0.25, 0.3) is 0 Å². The zero-order chi connectivity index (χ0) is 13.1. The van der Waals surface area contributed by atoms with Gasteiger partial charge in [0.05, 0.1) is 12.7 Å². The van der Waals surface area contributed by atoms with Gasteiger partial charge in [-0.3, -0.25) is 4.79 Å². The van der Waals surface area contributed by atoms with E-state index in [0.717, 1.165) is 9.35 Å². The smallest absolute Gasteiger partial charge is 0.174 e. The van der Waals surface area contributed by atoms with Crippen molar-refractivity contribution in [3.63, 3.8) is 0 Å². The lowest BCUT2D eigenvalue weighted by Gasteiger charge is -2.07. The second-order valence-corrected chi connectivity index (χ2v) is 5.56. The highest BCUT2D eigenvalue weighted by Gasteiger charge is 2.18. The van der Waals surface area contributed by atoms with E-state index in [0.29, 0.717) is 0 Å². The van der Waals surface area contributed by atoms with Gasteiger partial charge in [-0.25, -0.2) is 4.39 Å². The fraction of sp³-hybridized carbons (Fsp3) is 0.154. The molecule has 0 atom stereocenters. The Kier molecular flexibility index (Phi) is 4.14. The van der Waals surface area contributed by atoms with Gasteiger partial charge < -0.3 is 4.74 Å². The van der Waals surface area contributed by atoms with Crippen LogP contribution in [0.5, 0.6) is 5.75 Å². The van der Waals surface area contributed by atoms with Gasteiger partial charge in [0, 0.05) is 21.2 Å². The topological polar surface area (TPSA) is 26.3 Å². The molecule has 0 saturated heterocycles. The number of thiophene rings is 1. The van der Waals surface area contributed by atoms with Gasteiger partial charge in [-0.05, 0) is 34.1 Å². The van der Waals surface area contributed by atoms with E-state index < -0.39 is 5.82 Å². The summed E-state index contributed by atoms with van der Waals surface area (Å²) in [7, 11) is 1.42. The van der Waals surface area contributed by atoms with Crippen LogP contribution >= 0.6 is 27.3 Å². The van der Waals surface area contributed by atoms with Gasteiger partial charge in [0.2, 0.25) is 0 Å². The highest BCUT2D eigenvalue weighted by atomic mass is 79.9. The van der Waals surface area contributed by atoms with Gasteiger partial charge in [0.15, 0.2) is 5.78 Å². The van der Waals surface area contributed by atoms with Crippen LogP contribution in [-0.4, -0.2) is 12.9 Å². The van der Waals surface area contributed by atoms with Crippen molar-refractivity contribution >= 4 is 33.0 Å². The molecule has 0 aliphatic carbocycles. The van der Waals surface area contributed by atoms with Crippen molar-refractivity contribution in [2.45, 2.75) is 6.42 Å². The summed E-state index contributed by atoms with van der Waals surface area (Å²) in [4.78, 5) is 13.0. The Morgan fingerprint density at radius 3 is 2.89 bits per heavy atom. The molecule has 18 heavy (non-hydrogen) atoms. The Hall–Kier alpha value is -1.20. The first-order valence-electron chi connectivity index (χ1n) is 5.20. The molecular formula is C13H10BrFO2S. The largest absolute Gasteiger partial charge is 0.496 e. The third kappa shape index (κ3) is 2.79. The molecule has 1 aromatic carbocycles. The van der Waals surface area contributed by atoms with Crippen LogP contribution in [-0.2, 0) is 6.42 Å². The minimum Gasteiger partial charge on any atom is -0.496 e. The number of hydrogen-bond donors (Lipinski definition) is 0. The molecule has 1 heterocycles. The van der Waals surface area contributed by atoms with E-state index in [2.05, 4.69) is 15.9 Å². The average Bonchev–Trinajstić information content (AvgIpc) is 2.74. The molecule has 2 rings (SSSR count). The van der Waals surface area contributed by atoms with E-state index in [4.69, 9.17) is 4.74 Å². The first kappa shape index (κ1) is 13.2. The van der Waals surface area contributed by atoms with Gasteiger partial charge in [-0.2, -0.15) is 0 Å². The molecule has 2 aromatic rings. The molecule has 0 radical (unpaired) electrons. The maximum atomic E-state index is 13.7. The van der Waals surface area contributed by atoms with Crippen LogP contribution < -0.4 is 4.74 Å². The summed E-state index contributed by atoms with van der Waals surface area (Å²) in [5, 5.41) is 1.89. The summed E-state index contributed by atoms with van der Waals surface area (Å²) in [6.07, 6.45) is 0.174. The van der Waals surface area contributed by atoms with Crippen LogP contribution in [0, 0.1) is 5.82 Å². The van der Waals surface area contributed by atoms with Crippen LogP contribution in [0.15, 0.2) is 34.1 Å². The first-order valence-corrected chi connectivity index (χ1v) is 6.87. The molecule has 0 aliphatic heterocycles. The van der Waals surface area contributed by atoms with E-state index >= 15 is 0 Å². The molecule has 0 spiro atoms. The number of carbonyl (C=O) groups is 1. The Morgan fingerprint density at radius 2 is 2.28 bits per heavy atom. The van der Waals surface area contributed by atoms with Crippen molar-refractivity contribution in [3.05, 3.63) is 50.4 Å². The number of methoxy groups -OCH3 is 1. The number of ketones is 1. The fourth-order valence-electron chi connectivity index (χ4n) is 1.64. The third-order valence-electron chi connectivity index (χ3n) is 2.43. The summed E-state index contributed by atoms with van der Waals surface area (Å²) >= 11 is 4.78. The van der Waals surface area contributed by atoms with Gasteiger partial charge in [-0.1, -0.05) is 6.07 Å². The van der Waals surface area contributed by atoms with Crippen molar-refractivity contribution in [3.8, 4) is 5.75 Å². The second kappa shape index (κ2) is 5.63. The predicted octanol–water partition coefficient (Wildman–Crippen LogP) is 4.08. The molecule has 2 nitrogen and oxygen atoms in total. The number of halogens is 2. The standard InChI is InChI=1S/C13H10BrFO2S/c1-17-12-4-2-3-10(15)13(12)11(16)6-9-5-8(14)7-18-9/h2-5,7H,6H2,1H3.